The number of alkyl halides is 3. The third-order valence-electron chi connectivity index (χ3n) is 3.34. The van der Waals surface area contributed by atoms with Crippen LogP contribution in [0, 0.1) is 6.92 Å². The maximum atomic E-state index is 12.7. The molecule has 3 aromatic rings. The number of rotatable bonds is 4. The summed E-state index contributed by atoms with van der Waals surface area (Å²) in [4.78, 5) is 7.99. The Balaban J connectivity index is 1.91. The Kier molecular flexibility index (Phi) is 3.97. The largest absolute Gasteiger partial charge is 0.434 e. The summed E-state index contributed by atoms with van der Waals surface area (Å²) < 4.78 is 39.8. The SMILES string of the molecule is CCC(Nc1nccn2nc(C)cc12)c1nc(C(F)(F)F)cs1. The maximum Gasteiger partial charge on any atom is 0.434 e. The summed E-state index contributed by atoms with van der Waals surface area (Å²) in [6.07, 6.45) is -0.522. The molecule has 1 unspecified atom stereocenters. The fourth-order valence-electron chi connectivity index (χ4n) is 2.24. The van der Waals surface area contributed by atoms with Crippen molar-refractivity contribution in [2.24, 2.45) is 0 Å². The minimum absolute atomic E-state index is 0.343. The van der Waals surface area contributed by atoms with Crippen molar-refractivity contribution in [3.63, 3.8) is 0 Å². The Morgan fingerprint density at radius 1 is 1.39 bits per heavy atom. The summed E-state index contributed by atoms with van der Waals surface area (Å²) >= 11 is 0.995. The van der Waals surface area contributed by atoms with Gasteiger partial charge in [-0.1, -0.05) is 6.92 Å². The number of hydrogen-bond donors (Lipinski definition) is 1. The summed E-state index contributed by atoms with van der Waals surface area (Å²) in [5.74, 6) is 0.573. The van der Waals surface area contributed by atoms with E-state index in [-0.39, 0.29) is 6.04 Å². The zero-order valence-corrected chi connectivity index (χ0v) is 13.2. The van der Waals surface area contributed by atoms with Crippen LogP contribution < -0.4 is 5.32 Å². The lowest BCUT2D eigenvalue weighted by Crippen LogP contribution is -2.13. The highest BCUT2D eigenvalue weighted by atomic mass is 32.1. The molecule has 0 aliphatic heterocycles. The van der Waals surface area contributed by atoms with Crippen molar-refractivity contribution in [3.8, 4) is 0 Å². The van der Waals surface area contributed by atoms with Crippen LogP contribution in [-0.2, 0) is 6.18 Å². The number of thiazole rings is 1. The van der Waals surface area contributed by atoms with Crippen LogP contribution in [0.1, 0.15) is 35.8 Å². The van der Waals surface area contributed by atoms with Crippen LogP contribution >= 0.6 is 11.3 Å². The van der Waals surface area contributed by atoms with Gasteiger partial charge in [0.25, 0.3) is 0 Å². The van der Waals surface area contributed by atoms with Gasteiger partial charge in [0.15, 0.2) is 11.5 Å². The van der Waals surface area contributed by atoms with E-state index >= 15 is 0 Å². The van der Waals surface area contributed by atoms with E-state index in [4.69, 9.17) is 0 Å². The molecule has 0 fully saturated rings. The summed E-state index contributed by atoms with van der Waals surface area (Å²) in [5, 5.41) is 8.89. The fourth-order valence-corrected chi connectivity index (χ4v) is 3.20. The molecule has 3 aromatic heterocycles. The van der Waals surface area contributed by atoms with Crippen LogP contribution in [0.15, 0.2) is 23.8 Å². The van der Waals surface area contributed by atoms with Gasteiger partial charge in [0, 0.05) is 17.8 Å². The molecule has 0 saturated carbocycles. The minimum Gasteiger partial charge on any atom is -0.359 e. The Morgan fingerprint density at radius 2 is 2.17 bits per heavy atom. The molecule has 0 aliphatic rings. The molecule has 0 aliphatic carbocycles. The van der Waals surface area contributed by atoms with Gasteiger partial charge in [-0.3, -0.25) is 0 Å². The van der Waals surface area contributed by atoms with Gasteiger partial charge >= 0.3 is 6.18 Å². The van der Waals surface area contributed by atoms with Crippen molar-refractivity contribution in [2.45, 2.75) is 32.5 Å². The second-order valence-corrected chi connectivity index (χ2v) is 5.95. The Morgan fingerprint density at radius 3 is 2.83 bits per heavy atom. The summed E-state index contributed by atoms with van der Waals surface area (Å²) in [5.41, 5.74) is 0.753. The van der Waals surface area contributed by atoms with Crippen molar-refractivity contribution in [2.75, 3.05) is 5.32 Å². The Hall–Kier alpha value is -2.16. The standard InChI is InChI=1S/C14H14F3N5S/c1-3-9(13-20-11(7-23-13)14(15,16)17)19-12-10-6-8(2)21-22(10)5-4-18-12/h4-7,9H,3H2,1-2H3,(H,18,19). The molecule has 3 heterocycles. The number of aryl methyl sites for hydroxylation is 1. The molecular weight excluding hydrogens is 327 g/mol. The number of halogens is 3. The lowest BCUT2D eigenvalue weighted by molar-refractivity contribution is -0.140. The number of hydrogen-bond acceptors (Lipinski definition) is 5. The second kappa shape index (κ2) is 5.80. The molecule has 0 saturated heterocycles. The summed E-state index contributed by atoms with van der Waals surface area (Å²) in [6.45, 7) is 3.75. The molecule has 0 aromatic carbocycles. The van der Waals surface area contributed by atoms with Gasteiger partial charge in [-0.15, -0.1) is 11.3 Å². The van der Waals surface area contributed by atoms with Crippen molar-refractivity contribution in [1.82, 2.24) is 19.6 Å². The van der Waals surface area contributed by atoms with Crippen LogP contribution in [0.3, 0.4) is 0 Å². The van der Waals surface area contributed by atoms with E-state index in [9.17, 15) is 13.2 Å². The molecule has 0 spiro atoms. The summed E-state index contributed by atoms with van der Waals surface area (Å²) in [6, 6.07) is 1.52. The second-order valence-electron chi connectivity index (χ2n) is 5.07. The highest BCUT2D eigenvalue weighted by Gasteiger charge is 2.34. The van der Waals surface area contributed by atoms with Crippen LogP contribution in [-0.4, -0.2) is 19.6 Å². The number of nitrogens with zero attached hydrogens (tertiary/aromatic N) is 4. The summed E-state index contributed by atoms with van der Waals surface area (Å²) in [7, 11) is 0. The number of aromatic nitrogens is 4. The minimum atomic E-state index is -4.42. The Bertz CT molecular complexity index is 823. The van der Waals surface area contributed by atoms with Crippen LogP contribution in [0.4, 0.5) is 19.0 Å². The molecule has 3 rings (SSSR count). The fraction of sp³-hybridized carbons (Fsp3) is 0.357. The third kappa shape index (κ3) is 3.14. The molecule has 1 N–H and O–H groups in total. The van der Waals surface area contributed by atoms with Gasteiger partial charge in [0.05, 0.1) is 11.7 Å². The zero-order chi connectivity index (χ0) is 16.6. The van der Waals surface area contributed by atoms with Gasteiger partial charge < -0.3 is 5.32 Å². The van der Waals surface area contributed by atoms with Crippen molar-refractivity contribution in [3.05, 3.63) is 40.2 Å². The van der Waals surface area contributed by atoms with E-state index in [2.05, 4.69) is 20.4 Å². The number of nitrogens with one attached hydrogen (secondary N) is 1. The molecular formula is C14H14F3N5S. The van der Waals surface area contributed by atoms with E-state index in [0.717, 1.165) is 27.9 Å². The van der Waals surface area contributed by atoms with E-state index in [0.29, 0.717) is 17.2 Å². The van der Waals surface area contributed by atoms with E-state index < -0.39 is 11.9 Å². The highest BCUT2D eigenvalue weighted by molar-refractivity contribution is 7.09. The normalized spacial score (nSPS) is 13.4. The molecule has 1 atom stereocenters. The maximum absolute atomic E-state index is 12.7. The van der Waals surface area contributed by atoms with Crippen LogP contribution in [0.25, 0.3) is 5.52 Å². The van der Waals surface area contributed by atoms with E-state index in [1.54, 1.807) is 16.9 Å². The smallest absolute Gasteiger partial charge is 0.359 e. The first-order valence-corrected chi connectivity index (χ1v) is 7.86. The predicted molar refractivity (Wildman–Crippen MR) is 81.5 cm³/mol. The van der Waals surface area contributed by atoms with Gasteiger partial charge in [0.1, 0.15) is 10.5 Å². The molecule has 0 radical (unpaired) electrons. The van der Waals surface area contributed by atoms with Crippen molar-refractivity contribution >= 4 is 22.7 Å². The van der Waals surface area contributed by atoms with Gasteiger partial charge in [0.2, 0.25) is 0 Å². The average molecular weight is 341 g/mol. The van der Waals surface area contributed by atoms with Gasteiger partial charge in [-0.25, -0.2) is 14.5 Å². The first kappa shape index (κ1) is 15.7. The molecule has 5 nitrogen and oxygen atoms in total. The van der Waals surface area contributed by atoms with Crippen molar-refractivity contribution in [1.29, 1.82) is 0 Å². The Labute approximate surface area is 134 Å². The monoisotopic (exact) mass is 341 g/mol. The first-order chi connectivity index (χ1) is 10.9. The number of fused-ring (bicyclic) bond motifs is 1. The van der Waals surface area contributed by atoms with Crippen molar-refractivity contribution < 1.29 is 13.2 Å². The zero-order valence-electron chi connectivity index (χ0n) is 12.4. The molecule has 0 bridgehead atoms. The molecule has 23 heavy (non-hydrogen) atoms. The predicted octanol–water partition coefficient (Wildman–Crippen LogP) is 4.08. The van der Waals surface area contributed by atoms with Gasteiger partial charge in [-0.05, 0) is 19.4 Å². The third-order valence-corrected chi connectivity index (χ3v) is 4.30. The lowest BCUT2D eigenvalue weighted by atomic mass is 10.2. The van der Waals surface area contributed by atoms with Gasteiger partial charge in [-0.2, -0.15) is 18.3 Å². The van der Waals surface area contributed by atoms with E-state index in [1.807, 2.05) is 19.9 Å². The quantitative estimate of drug-likeness (QED) is 0.777. The molecule has 122 valence electrons. The van der Waals surface area contributed by atoms with Crippen LogP contribution in [0.5, 0.6) is 0 Å². The van der Waals surface area contributed by atoms with Crippen LogP contribution in [0.2, 0.25) is 0 Å². The highest BCUT2D eigenvalue weighted by Crippen LogP contribution is 2.33. The lowest BCUT2D eigenvalue weighted by Gasteiger charge is -2.15. The molecule has 0 amide bonds. The number of anilines is 1. The average Bonchev–Trinajstić information content (AvgIpc) is 3.10. The first-order valence-electron chi connectivity index (χ1n) is 6.98. The topological polar surface area (TPSA) is 55.1 Å². The van der Waals surface area contributed by atoms with E-state index in [1.165, 1.54) is 0 Å². The molecule has 9 heteroatoms.